The van der Waals surface area contributed by atoms with Crippen LogP contribution in [0.3, 0.4) is 0 Å². The second-order valence-electron chi connectivity index (χ2n) is 12.0. The standard InChI is InChI=1S/C31H46N4O7/c1-8-20(3)27(29(38)40-7)34-28(37)24(17-21-18-32-23-16-19(2)10-11-22(21)23)33-25(36)12-13-26-35(14-9-15-41-26)30(39)42-31(4,5)6/h10-11,16,18,20,24,26-27,32H,8-9,12-15,17H2,1-7H3,(H,33,36)(H,34,37)/t20-,24?,26?,27-/m0/s1. The third kappa shape index (κ3) is 8.95. The van der Waals surface area contributed by atoms with E-state index < -0.39 is 41.9 Å². The molecule has 2 unspecified atom stereocenters. The van der Waals surface area contributed by atoms with E-state index in [2.05, 4.69) is 15.6 Å². The van der Waals surface area contributed by atoms with Crippen molar-refractivity contribution in [3.8, 4) is 0 Å². The number of benzene rings is 1. The molecule has 1 aliphatic rings. The van der Waals surface area contributed by atoms with Gasteiger partial charge in [-0.2, -0.15) is 0 Å². The Balaban J connectivity index is 1.76. The number of rotatable bonds is 11. The van der Waals surface area contributed by atoms with E-state index in [1.807, 2.05) is 45.2 Å². The van der Waals surface area contributed by atoms with Crippen LogP contribution >= 0.6 is 0 Å². The maximum absolute atomic E-state index is 13.6. The number of esters is 1. The summed E-state index contributed by atoms with van der Waals surface area (Å²) >= 11 is 0. The van der Waals surface area contributed by atoms with E-state index >= 15 is 0 Å². The lowest BCUT2D eigenvalue weighted by atomic mass is 9.97. The van der Waals surface area contributed by atoms with E-state index in [4.69, 9.17) is 14.2 Å². The maximum atomic E-state index is 13.6. The molecule has 11 nitrogen and oxygen atoms in total. The SMILES string of the molecule is CC[C@H](C)[C@H](NC(=O)C(Cc1c[nH]c2cc(C)ccc12)NC(=O)CCC1OCCCN1C(=O)OC(C)(C)C)C(=O)OC. The average Bonchev–Trinajstić information content (AvgIpc) is 3.34. The van der Waals surface area contributed by atoms with Gasteiger partial charge in [0.05, 0.1) is 13.7 Å². The van der Waals surface area contributed by atoms with E-state index in [1.54, 1.807) is 20.8 Å². The van der Waals surface area contributed by atoms with Crippen LogP contribution in [0.5, 0.6) is 0 Å². The second kappa shape index (κ2) is 14.5. The van der Waals surface area contributed by atoms with E-state index in [0.29, 0.717) is 26.0 Å². The van der Waals surface area contributed by atoms with Crippen molar-refractivity contribution >= 4 is 34.8 Å². The molecule has 1 aromatic heterocycles. The van der Waals surface area contributed by atoms with Crippen LogP contribution in [0.25, 0.3) is 10.9 Å². The number of aryl methyl sites for hydroxylation is 1. The van der Waals surface area contributed by atoms with Gasteiger partial charge in [-0.25, -0.2) is 9.59 Å². The molecule has 3 amide bonds. The first-order valence-electron chi connectivity index (χ1n) is 14.7. The van der Waals surface area contributed by atoms with Gasteiger partial charge in [-0.15, -0.1) is 0 Å². The lowest BCUT2D eigenvalue weighted by Gasteiger charge is -2.36. The normalized spacial score (nSPS) is 17.7. The van der Waals surface area contributed by atoms with Crippen molar-refractivity contribution in [2.75, 3.05) is 20.3 Å². The summed E-state index contributed by atoms with van der Waals surface area (Å²) in [5, 5.41) is 6.62. The lowest BCUT2D eigenvalue weighted by Crippen LogP contribution is -2.54. The molecule has 1 fully saturated rings. The number of hydrogen-bond donors (Lipinski definition) is 3. The molecule has 3 rings (SSSR count). The van der Waals surface area contributed by atoms with Crippen molar-refractivity contribution in [2.24, 2.45) is 5.92 Å². The number of nitrogens with zero attached hydrogens (tertiary/aromatic N) is 1. The fourth-order valence-electron chi connectivity index (χ4n) is 4.93. The lowest BCUT2D eigenvalue weighted by molar-refractivity contribution is -0.147. The highest BCUT2D eigenvalue weighted by molar-refractivity contribution is 5.92. The first-order chi connectivity index (χ1) is 19.8. The zero-order chi connectivity index (χ0) is 31.0. The minimum absolute atomic E-state index is 0.0205. The third-order valence-electron chi connectivity index (χ3n) is 7.41. The van der Waals surface area contributed by atoms with E-state index in [9.17, 15) is 19.2 Å². The Labute approximate surface area is 248 Å². The fourth-order valence-corrected chi connectivity index (χ4v) is 4.93. The molecule has 3 N–H and O–H groups in total. The Morgan fingerprint density at radius 2 is 1.93 bits per heavy atom. The third-order valence-corrected chi connectivity index (χ3v) is 7.41. The van der Waals surface area contributed by atoms with Gasteiger partial charge in [-0.05, 0) is 57.2 Å². The van der Waals surface area contributed by atoms with Crippen molar-refractivity contribution in [3.63, 3.8) is 0 Å². The molecule has 2 aromatic rings. The summed E-state index contributed by atoms with van der Waals surface area (Å²) in [5.74, 6) is -1.56. The van der Waals surface area contributed by atoms with Crippen molar-refractivity contribution in [1.29, 1.82) is 0 Å². The molecule has 4 atom stereocenters. The van der Waals surface area contributed by atoms with Crippen LogP contribution in [0.15, 0.2) is 24.4 Å². The van der Waals surface area contributed by atoms with Gasteiger partial charge in [-0.1, -0.05) is 32.4 Å². The summed E-state index contributed by atoms with van der Waals surface area (Å²) in [7, 11) is 1.28. The average molecular weight is 587 g/mol. The molecule has 0 radical (unpaired) electrons. The van der Waals surface area contributed by atoms with E-state index in [-0.39, 0.29) is 31.1 Å². The van der Waals surface area contributed by atoms with Gasteiger partial charge in [0.2, 0.25) is 11.8 Å². The first kappa shape index (κ1) is 32.9. The quantitative estimate of drug-likeness (QED) is 0.339. The van der Waals surface area contributed by atoms with Crippen molar-refractivity contribution < 1.29 is 33.4 Å². The number of ether oxygens (including phenoxy) is 3. The van der Waals surface area contributed by atoms with Crippen LogP contribution in [0, 0.1) is 12.8 Å². The summed E-state index contributed by atoms with van der Waals surface area (Å²) in [5.41, 5.74) is 2.22. The predicted octanol–water partition coefficient (Wildman–Crippen LogP) is 3.97. The number of aromatic nitrogens is 1. The number of hydrogen-bond acceptors (Lipinski definition) is 7. The number of carbonyl (C=O) groups excluding carboxylic acids is 4. The van der Waals surface area contributed by atoms with Crippen LogP contribution in [-0.2, 0) is 35.0 Å². The minimum atomic E-state index is -0.955. The van der Waals surface area contributed by atoms with Gasteiger partial charge in [0, 0.05) is 42.9 Å². The number of H-pyrrole nitrogens is 1. The van der Waals surface area contributed by atoms with Crippen LogP contribution in [-0.4, -0.2) is 77.9 Å². The zero-order valence-corrected chi connectivity index (χ0v) is 25.9. The molecule has 42 heavy (non-hydrogen) atoms. The topological polar surface area (TPSA) is 139 Å². The van der Waals surface area contributed by atoms with E-state index in [0.717, 1.165) is 22.0 Å². The smallest absolute Gasteiger partial charge is 0.412 e. The molecule has 2 heterocycles. The Morgan fingerprint density at radius 3 is 2.60 bits per heavy atom. The first-order valence-corrected chi connectivity index (χ1v) is 14.7. The van der Waals surface area contributed by atoms with Gasteiger partial charge < -0.3 is 29.8 Å². The summed E-state index contributed by atoms with van der Waals surface area (Å²) < 4.78 is 16.3. The maximum Gasteiger partial charge on any atom is 0.412 e. The van der Waals surface area contributed by atoms with Gasteiger partial charge in [0.15, 0.2) is 0 Å². The number of aromatic amines is 1. The van der Waals surface area contributed by atoms with Gasteiger partial charge in [-0.3, -0.25) is 14.5 Å². The molecule has 0 spiro atoms. The molecule has 232 valence electrons. The number of carbonyl (C=O) groups is 4. The van der Waals surface area contributed by atoms with Gasteiger partial charge in [0.1, 0.15) is 23.9 Å². The van der Waals surface area contributed by atoms with Crippen LogP contribution in [0.4, 0.5) is 4.79 Å². The number of amides is 3. The molecule has 1 aromatic carbocycles. The molecular formula is C31H46N4O7. The Hall–Kier alpha value is -3.60. The predicted molar refractivity (Wildman–Crippen MR) is 159 cm³/mol. The molecule has 11 heteroatoms. The largest absolute Gasteiger partial charge is 0.467 e. The van der Waals surface area contributed by atoms with Crippen LogP contribution in [0.2, 0.25) is 0 Å². The minimum Gasteiger partial charge on any atom is -0.467 e. The number of methoxy groups -OCH3 is 1. The van der Waals surface area contributed by atoms with Gasteiger partial charge in [0.25, 0.3) is 0 Å². The van der Waals surface area contributed by atoms with Crippen molar-refractivity contribution in [2.45, 2.75) is 97.6 Å². The Morgan fingerprint density at radius 1 is 1.19 bits per heavy atom. The number of nitrogens with one attached hydrogen (secondary N) is 3. The molecule has 0 saturated carbocycles. The Kier molecular flexibility index (Phi) is 11.4. The fraction of sp³-hybridized carbons (Fsp3) is 0.613. The molecular weight excluding hydrogens is 540 g/mol. The van der Waals surface area contributed by atoms with Crippen molar-refractivity contribution in [3.05, 3.63) is 35.5 Å². The highest BCUT2D eigenvalue weighted by Gasteiger charge is 2.33. The van der Waals surface area contributed by atoms with Crippen LogP contribution < -0.4 is 10.6 Å². The van der Waals surface area contributed by atoms with Crippen molar-refractivity contribution in [1.82, 2.24) is 20.5 Å². The summed E-state index contributed by atoms with van der Waals surface area (Å²) in [4.78, 5) is 56.8. The summed E-state index contributed by atoms with van der Waals surface area (Å²) in [6, 6.07) is 4.18. The van der Waals surface area contributed by atoms with Crippen LogP contribution in [0.1, 0.15) is 71.4 Å². The number of fused-ring (bicyclic) bond motifs is 1. The summed E-state index contributed by atoms with van der Waals surface area (Å²) in [6.07, 6.45) is 2.52. The van der Waals surface area contributed by atoms with Gasteiger partial charge >= 0.3 is 12.1 Å². The molecule has 0 bridgehead atoms. The summed E-state index contributed by atoms with van der Waals surface area (Å²) in [6.45, 7) is 12.1. The zero-order valence-electron chi connectivity index (χ0n) is 25.9. The Bertz CT molecular complexity index is 1250. The molecule has 0 aliphatic carbocycles. The monoisotopic (exact) mass is 586 g/mol. The second-order valence-corrected chi connectivity index (χ2v) is 12.0. The highest BCUT2D eigenvalue weighted by atomic mass is 16.6. The molecule has 1 aliphatic heterocycles. The highest BCUT2D eigenvalue weighted by Crippen LogP contribution is 2.22. The van der Waals surface area contributed by atoms with E-state index in [1.165, 1.54) is 12.0 Å². The molecule has 1 saturated heterocycles.